The summed E-state index contributed by atoms with van der Waals surface area (Å²) in [6, 6.07) is -0.917. The van der Waals surface area contributed by atoms with Crippen LogP contribution >= 0.6 is 7.82 Å². The lowest BCUT2D eigenvalue weighted by molar-refractivity contribution is -0.870. The van der Waals surface area contributed by atoms with Crippen molar-refractivity contribution in [1.82, 2.24) is 5.32 Å². The second-order valence-electron chi connectivity index (χ2n) is 22.2. The maximum atomic E-state index is 13.5. The van der Waals surface area contributed by atoms with Gasteiger partial charge in [0.15, 0.2) is 0 Å². The molecule has 9 nitrogen and oxygen atoms in total. The second-order valence-corrected chi connectivity index (χ2v) is 23.6. The number of nitrogens with zero attached hydrogens (tertiary/aromatic N) is 1. The number of hydrogen-bond donors (Lipinski definition) is 1. The number of phosphoric acid groups is 1. The van der Waals surface area contributed by atoms with Gasteiger partial charge in [-0.15, -0.1) is 0 Å². The van der Waals surface area contributed by atoms with Crippen molar-refractivity contribution in [3.8, 4) is 0 Å². The van der Waals surface area contributed by atoms with E-state index in [1.807, 2.05) is 33.3 Å². The minimum Gasteiger partial charge on any atom is -0.756 e. The molecule has 0 aromatic heterocycles. The number of carbonyl (C=O) groups is 2. The van der Waals surface area contributed by atoms with Crippen molar-refractivity contribution in [3.63, 3.8) is 0 Å². The lowest BCUT2D eigenvalue weighted by atomic mass is 10.0. The Labute approximate surface area is 481 Å². The van der Waals surface area contributed by atoms with Crippen LogP contribution in [0.15, 0.2) is 109 Å². The zero-order chi connectivity index (χ0) is 57.2. The SMILES string of the molecule is CC/C=C/C/C=C/C/C=C/C/C=C/CCCCCC(=O)NC(COP(=O)([O-])OCC[N+](C)(C)C)C(/C=C\CCCCCCCCCCCCC)OC(=O)CCCCCCCCC/C=C\C/C=C\C/C=C\C/C=C\CCCCC. The van der Waals surface area contributed by atoms with Crippen LogP contribution in [0.25, 0.3) is 0 Å². The van der Waals surface area contributed by atoms with E-state index < -0.39 is 26.6 Å². The molecule has 0 aliphatic rings. The fourth-order valence-electron chi connectivity index (χ4n) is 8.55. The molecular formula is C68H119N2O7P. The average Bonchev–Trinajstić information content (AvgIpc) is 3.40. The number of nitrogens with one attached hydrogen (secondary N) is 1. The minimum absolute atomic E-state index is 0.0361. The lowest BCUT2D eigenvalue weighted by Gasteiger charge is -2.30. The van der Waals surface area contributed by atoms with Crippen molar-refractivity contribution in [1.29, 1.82) is 0 Å². The highest BCUT2D eigenvalue weighted by Crippen LogP contribution is 2.38. The van der Waals surface area contributed by atoms with Crippen LogP contribution in [0, 0.1) is 0 Å². The quantitative estimate of drug-likeness (QED) is 0.0212. The lowest BCUT2D eigenvalue weighted by Crippen LogP contribution is -2.47. The Kier molecular flexibility index (Phi) is 54.5. The third-order valence-electron chi connectivity index (χ3n) is 13.4. The molecule has 0 bridgehead atoms. The van der Waals surface area contributed by atoms with E-state index in [4.69, 9.17) is 13.8 Å². The fraction of sp³-hybridized carbons (Fsp3) is 0.706. The number of allylic oxidation sites excluding steroid dienone is 17. The van der Waals surface area contributed by atoms with E-state index in [2.05, 4.69) is 123 Å². The first-order valence-corrected chi connectivity index (χ1v) is 33.2. The van der Waals surface area contributed by atoms with Gasteiger partial charge in [-0.3, -0.25) is 14.2 Å². The number of esters is 1. The fourth-order valence-corrected chi connectivity index (χ4v) is 9.28. The van der Waals surface area contributed by atoms with Crippen LogP contribution in [0.2, 0.25) is 0 Å². The van der Waals surface area contributed by atoms with Crippen LogP contribution in [-0.4, -0.2) is 69.4 Å². The summed E-state index contributed by atoms with van der Waals surface area (Å²) < 4.78 is 30.3. The van der Waals surface area contributed by atoms with Gasteiger partial charge in [0.2, 0.25) is 5.91 Å². The monoisotopic (exact) mass is 1110 g/mol. The van der Waals surface area contributed by atoms with Crippen molar-refractivity contribution in [2.45, 2.75) is 270 Å². The van der Waals surface area contributed by atoms with Gasteiger partial charge in [-0.2, -0.15) is 0 Å². The summed E-state index contributed by atoms with van der Waals surface area (Å²) in [6.45, 7) is 6.66. The first-order chi connectivity index (χ1) is 37.9. The number of rotatable bonds is 56. The van der Waals surface area contributed by atoms with Gasteiger partial charge in [0.05, 0.1) is 33.8 Å². The first kappa shape index (κ1) is 74.7. The van der Waals surface area contributed by atoms with Crippen molar-refractivity contribution >= 4 is 19.7 Å². The van der Waals surface area contributed by atoms with Gasteiger partial charge in [0.1, 0.15) is 19.3 Å². The number of carbonyl (C=O) groups excluding carboxylic acids is 2. The second kappa shape index (κ2) is 56.9. The Morgan fingerprint density at radius 2 is 0.821 bits per heavy atom. The van der Waals surface area contributed by atoms with Crippen LogP contribution in [0.3, 0.4) is 0 Å². The Hall–Kier alpha value is -3.33. The van der Waals surface area contributed by atoms with Gasteiger partial charge in [-0.1, -0.05) is 240 Å². The molecule has 0 rings (SSSR count). The van der Waals surface area contributed by atoms with Crippen LogP contribution in [0.5, 0.6) is 0 Å². The molecule has 0 aromatic carbocycles. The molecule has 0 heterocycles. The molecule has 3 unspecified atom stereocenters. The molecule has 0 fully saturated rings. The molecule has 448 valence electrons. The van der Waals surface area contributed by atoms with Crippen LogP contribution in [0.4, 0.5) is 0 Å². The number of unbranched alkanes of at least 4 members (excludes halogenated alkanes) is 24. The third-order valence-corrected chi connectivity index (χ3v) is 14.4. The average molecular weight is 1110 g/mol. The largest absolute Gasteiger partial charge is 0.756 e. The third kappa shape index (κ3) is 57.4. The molecule has 0 aliphatic carbocycles. The van der Waals surface area contributed by atoms with Gasteiger partial charge >= 0.3 is 5.97 Å². The van der Waals surface area contributed by atoms with Crippen LogP contribution < -0.4 is 10.2 Å². The number of phosphoric ester groups is 1. The minimum atomic E-state index is -4.72. The molecular weight excluding hydrogens is 988 g/mol. The molecule has 1 N–H and O–H groups in total. The Morgan fingerprint density at radius 1 is 0.462 bits per heavy atom. The Morgan fingerprint density at radius 3 is 1.27 bits per heavy atom. The predicted octanol–water partition coefficient (Wildman–Crippen LogP) is 19.1. The Balaban J connectivity index is 5.31. The van der Waals surface area contributed by atoms with Crippen LogP contribution in [-0.2, 0) is 27.9 Å². The standard InChI is InChI=1S/C68H119N2O7P/c1-7-10-13-16-19-22-25-28-30-32-33-34-35-36-37-38-40-43-46-49-52-55-58-61-68(72)77-66(59-56-53-50-47-44-41-27-24-21-18-15-12-9-3)65(64-76-78(73,74)75-63-62-70(4,5)6)69-67(71)60-57-54-51-48-45-42-39-31-29-26-23-20-17-14-11-8-2/h11,14,19-20,22-23,28-31,33-34,36-37,42,45,56,59,65-66H,7-10,12-13,15-18,21,24-27,32,35,38-41,43-44,46-55,57-58,60-64H2,1-6H3,(H-,69,71,73,74)/b14-11+,22-19-,23-20+,30-28-,31-29+,34-33-,37-36-,45-42+,59-56-. The van der Waals surface area contributed by atoms with E-state index in [1.165, 1.54) is 103 Å². The van der Waals surface area contributed by atoms with Crippen molar-refractivity contribution in [2.75, 3.05) is 40.9 Å². The molecule has 3 atom stereocenters. The van der Waals surface area contributed by atoms with E-state index in [0.29, 0.717) is 23.9 Å². The van der Waals surface area contributed by atoms with E-state index in [1.54, 1.807) is 0 Å². The highest BCUT2D eigenvalue weighted by atomic mass is 31.2. The van der Waals surface area contributed by atoms with Crippen molar-refractivity contribution in [3.05, 3.63) is 109 Å². The van der Waals surface area contributed by atoms with Gasteiger partial charge in [-0.25, -0.2) is 0 Å². The van der Waals surface area contributed by atoms with Gasteiger partial charge < -0.3 is 28.5 Å². The maximum Gasteiger partial charge on any atom is 0.306 e. The molecule has 1 amide bonds. The predicted molar refractivity (Wildman–Crippen MR) is 334 cm³/mol. The topological polar surface area (TPSA) is 114 Å². The van der Waals surface area contributed by atoms with Crippen molar-refractivity contribution < 1.29 is 37.3 Å². The zero-order valence-electron chi connectivity index (χ0n) is 51.1. The maximum absolute atomic E-state index is 13.5. The van der Waals surface area contributed by atoms with Gasteiger partial charge in [0, 0.05) is 12.8 Å². The van der Waals surface area contributed by atoms with E-state index in [0.717, 1.165) is 109 Å². The van der Waals surface area contributed by atoms with E-state index >= 15 is 0 Å². The summed E-state index contributed by atoms with van der Waals surface area (Å²) >= 11 is 0. The molecule has 0 saturated heterocycles. The number of likely N-dealkylation sites (N-methyl/N-ethyl adjacent to an activating group) is 1. The first-order valence-electron chi connectivity index (χ1n) is 31.7. The molecule has 0 spiro atoms. The highest BCUT2D eigenvalue weighted by molar-refractivity contribution is 7.45. The summed E-state index contributed by atoms with van der Waals surface area (Å²) in [7, 11) is 1.14. The summed E-state index contributed by atoms with van der Waals surface area (Å²) in [5.74, 6) is -0.594. The van der Waals surface area contributed by atoms with Crippen LogP contribution in [0.1, 0.15) is 258 Å². The summed E-state index contributed by atoms with van der Waals surface area (Å²) in [5, 5.41) is 3.01. The smallest absolute Gasteiger partial charge is 0.306 e. The summed E-state index contributed by atoms with van der Waals surface area (Å²) in [4.78, 5) is 40.0. The van der Waals surface area contributed by atoms with Gasteiger partial charge in [0.25, 0.3) is 7.82 Å². The number of hydrogen-bond acceptors (Lipinski definition) is 7. The van der Waals surface area contributed by atoms with Crippen molar-refractivity contribution in [2.24, 2.45) is 0 Å². The Bertz CT molecular complexity index is 1700. The molecule has 0 saturated carbocycles. The highest BCUT2D eigenvalue weighted by Gasteiger charge is 2.27. The summed E-state index contributed by atoms with van der Waals surface area (Å²) in [5.41, 5.74) is 0. The molecule has 10 heteroatoms. The summed E-state index contributed by atoms with van der Waals surface area (Å²) in [6.07, 6.45) is 77.7. The number of ether oxygens (including phenoxy) is 1. The number of quaternary nitrogens is 1. The molecule has 0 radical (unpaired) electrons. The molecule has 0 aromatic rings. The zero-order valence-corrected chi connectivity index (χ0v) is 52.0. The number of amides is 1. The molecule has 78 heavy (non-hydrogen) atoms. The van der Waals surface area contributed by atoms with Gasteiger partial charge in [-0.05, 0) is 115 Å². The van der Waals surface area contributed by atoms with E-state index in [9.17, 15) is 19.0 Å². The van der Waals surface area contributed by atoms with E-state index in [-0.39, 0.29) is 31.3 Å². The molecule has 0 aliphatic heterocycles. The normalized spacial score (nSPS) is 14.4.